The first-order valence-electron chi connectivity index (χ1n) is 6.83. The zero-order chi connectivity index (χ0) is 14.1. The number of benzene rings is 2. The van der Waals surface area contributed by atoms with Gasteiger partial charge >= 0.3 is 0 Å². The van der Waals surface area contributed by atoms with Crippen molar-refractivity contribution in [2.75, 3.05) is 25.1 Å². The number of fused-ring (bicyclic) bond motifs is 1. The van der Waals surface area contributed by atoms with E-state index in [2.05, 4.69) is 17.1 Å². The lowest BCUT2D eigenvalue weighted by Crippen LogP contribution is -2.44. The minimum Gasteiger partial charge on any atom is -0.305 e. The summed E-state index contributed by atoms with van der Waals surface area (Å²) >= 11 is 0. The first-order valence-corrected chi connectivity index (χ1v) is 6.83. The molecule has 1 saturated heterocycles. The maximum Gasteiger partial charge on any atom is 0.277 e. The number of nitrogens with zero attached hydrogens (tertiary/aromatic N) is 3. The molecule has 2 aromatic carbocycles. The second-order valence-corrected chi connectivity index (χ2v) is 5.12. The van der Waals surface area contributed by atoms with Gasteiger partial charge in [-0.1, -0.05) is 18.2 Å². The van der Waals surface area contributed by atoms with Crippen molar-refractivity contribution in [1.82, 2.24) is 5.01 Å². The van der Waals surface area contributed by atoms with Crippen molar-refractivity contribution in [2.24, 2.45) is 0 Å². The zero-order valence-electron chi connectivity index (χ0n) is 11.5. The highest BCUT2D eigenvalue weighted by atomic mass is 16.6. The molecule has 0 aromatic heterocycles. The molecule has 2 aromatic rings. The second-order valence-electron chi connectivity index (χ2n) is 5.12. The second kappa shape index (κ2) is 5.09. The van der Waals surface area contributed by atoms with Gasteiger partial charge in [-0.25, -0.2) is 5.01 Å². The molecule has 0 amide bonds. The number of hydrazine groups is 1. The van der Waals surface area contributed by atoms with Crippen LogP contribution in [-0.4, -0.2) is 30.1 Å². The van der Waals surface area contributed by atoms with Gasteiger partial charge in [-0.3, -0.25) is 10.1 Å². The average Bonchev–Trinajstić information content (AvgIpc) is 2.46. The first-order chi connectivity index (χ1) is 9.68. The van der Waals surface area contributed by atoms with Crippen LogP contribution in [0.25, 0.3) is 10.8 Å². The lowest BCUT2D eigenvalue weighted by Gasteiger charge is -2.38. The smallest absolute Gasteiger partial charge is 0.277 e. The molecular weight excluding hydrogens is 254 g/mol. The Morgan fingerprint density at radius 2 is 1.75 bits per heavy atom. The molecule has 1 heterocycles. The molecule has 0 N–H and O–H groups in total. The Kier molecular flexibility index (Phi) is 3.28. The van der Waals surface area contributed by atoms with Crippen LogP contribution in [0.15, 0.2) is 36.4 Å². The van der Waals surface area contributed by atoms with Crippen LogP contribution < -0.4 is 5.01 Å². The van der Waals surface area contributed by atoms with Gasteiger partial charge < -0.3 is 5.01 Å². The SMILES string of the molecule is CN1CCCCN1c1ccc([N+](=O)[O-])c2ccccc12. The highest BCUT2D eigenvalue weighted by Gasteiger charge is 2.21. The third kappa shape index (κ3) is 2.10. The van der Waals surface area contributed by atoms with Crippen LogP contribution in [0.4, 0.5) is 11.4 Å². The van der Waals surface area contributed by atoms with Gasteiger partial charge in [-0.05, 0) is 25.0 Å². The highest BCUT2D eigenvalue weighted by molar-refractivity contribution is 5.99. The maximum atomic E-state index is 11.1. The first kappa shape index (κ1) is 12.9. The normalized spacial score (nSPS) is 16.6. The van der Waals surface area contributed by atoms with E-state index >= 15 is 0 Å². The summed E-state index contributed by atoms with van der Waals surface area (Å²) in [6.07, 6.45) is 2.34. The van der Waals surface area contributed by atoms with Gasteiger partial charge in [-0.2, -0.15) is 0 Å². The van der Waals surface area contributed by atoms with E-state index in [9.17, 15) is 10.1 Å². The Bertz CT molecular complexity index is 657. The molecule has 0 bridgehead atoms. The van der Waals surface area contributed by atoms with Crippen LogP contribution in [0, 0.1) is 10.1 Å². The topological polar surface area (TPSA) is 49.6 Å². The lowest BCUT2D eigenvalue weighted by atomic mass is 10.1. The number of anilines is 1. The van der Waals surface area contributed by atoms with Gasteiger partial charge in [0.2, 0.25) is 0 Å². The van der Waals surface area contributed by atoms with Gasteiger partial charge in [0.05, 0.1) is 16.0 Å². The fourth-order valence-corrected chi connectivity index (χ4v) is 2.85. The molecule has 5 heteroatoms. The summed E-state index contributed by atoms with van der Waals surface area (Å²) in [4.78, 5) is 10.8. The lowest BCUT2D eigenvalue weighted by molar-refractivity contribution is -0.383. The quantitative estimate of drug-likeness (QED) is 0.621. The molecule has 1 fully saturated rings. The third-order valence-electron chi connectivity index (χ3n) is 3.87. The van der Waals surface area contributed by atoms with Gasteiger partial charge in [0.1, 0.15) is 0 Å². The summed E-state index contributed by atoms with van der Waals surface area (Å²) < 4.78 is 0. The van der Waals surface area contributed by atoms with E-state index in [0.717, 1.165) is 30.6 Å². The van der Waals surface area contributed by atoms with Gasteiger partial charge in [0, 0.05) is 31.6 Å². The largest absolute Gasteiger partial charge is 0.305 e. The molecule has 20 heavy (non-hydrogen) atoms. The molecule has 104 valence electrons. The molecular formula is C15H17N3O2. The number of hydrogen-bond donors (Lipinski definition) is 0. The molecule has 0 aliphatic carbocycles. The fraction of sp³-hybridized carbons (Fsp3) is 0.333. The van der Waals surface area contributed by atoms with Crippen LogP contribution in [0.5, 0.6) is 0 Å². The summed E-state index contributed by atoms with van der Waals surface area (Å²) in [5.41, 5.74) is 1.22. The fourth-order valence-electron chi connectivity index (χ4n) is 2.85. The molecule has 0 atom stereocenters. The Hall–Kier alpha value is -2.14. The summed E-state index contributed by atoms with van der Waals surface area (Å²) in [5, 5.41) is 17.2. The number of nitro benzene ring substituents is 1. The van der Waals surface area contributed by atoms with Crippen molar-refractivity contribution < 1.29 is 4.92 Å². The van der Waals surface area contributed by atoms with Gasteiger partial charge in [-0.15, -0.1) is 0 Å². The van der Waals surface area contributed by atoms with Crippen molar-refractivity contribution in [3.63, 3.8) is 0 Å². The average molecular weight is 271 g/mol. The van der Waals surface area contributed by atoms with Crippen molar-refractivity contribution >= 4 is 22.1 Å². The Morgan fingerprint density at radius 1 is 1.05 bits per heavy atom. The molecule has 5 nitrogen and oxygen atoms in total. The predicted molar refractivity (Wildman–Crippen MR) is 79.8 cm³/mol. The molecule has 0 spiro atoms. The van der Waals surface area contributed by atoms with Crippen LogP contribution in [-0.2, 0) is 0 Å². The molecule has 0 saturated carbocycles. The highest BCUT2D eigenvalue weighted by Crippen LogP contribution is 2.34. The van der Waals surface area contributed by atoms with Crippen molar-refractivity contribution in [1.29, 1.82) is 0 Å². The summed E-state index contributed by atoms with van der Waals surface area (Å²) in [7, 11) is 2.06. The van der Waals surface area contributed by atoms with Crippen LogP contribution in [0.2, 0.25) is 0 Å². The van der Waals surface area contributed by atoms with Crippen LogP contribution in [0.3, 0.4) is 0 Å². The predicted octanol–water partition coefficient (Wildman–Crippen LogP) is 3.20. The molecule has 3 rings (SSSR count). The summed E-state index contributed by atoms with van der Waals surface area (Å²) in [6, 6.07) is 11.0. The molecule has 1 aliphatic heterocycles. The molecule has 1 aliphatic rings. The monoisotopic (exact) mass is 271 g/mol. The third-order valence-corrected chi connectivity index (χ3v) is 3.87. The minimum absolute atomic E-state index is 0.170. The summed E-state index contributed by atoms with van der Waals surface area (Å²) in [6.45, 7) is 1.98. The van der Waals surface area contributed by atoms with Gasteiger partial charge in [0.15, 0.2) is 0 Å². The Labute approximate surface area is 117 Å². The minimum atomic E-state index is -0.313. The molecule has 0 unspecified atom stereocenters. The Balaban J connectivity index is 2.17. The Morgan fingerprint density at radius 3 is 2.45 bits per heavy atom. The van der Waals surface area contributed by atoms with E-state index < -0.39 is 0 Å². The molecule has 0 radical (unpaired) electrons. The van der Waals surface area contributed by atoms with E-state index in [-0.39, 0.29) is 10.6 Å². The number of hydrogen-bond acceptors (Lipinski definition) is 4. The van der Waals surface area contributed by atoms with Crippen LogP contribution in [0.1, 0.15) is 12.8 Å². The number of nitro groups is 1. The zero-order valence-corrected chi connectivity index (χ0v) is 11.5. The van der Waals surface area contributed by atoms with Gasteiger partial charge in [0.25, 0.3) is 5.69 Å². The number of non-ortho nitro benzene ring substituents is 1. The van der Waals surface area contributed by atoms with E-state index in [0.29, 0.717) is 5.39 Å². The number of rotatable bonds is 2. The van der Waals surface area contributed by atoms with Crippen molar-refractivity contribution in [3.8, 4) is 0 Å². The maximum absolute atomic E-state index is 11.1. The van der Waals surface area contributed by atoms with Crippen molar-refractivity contribution in [2.45, 2.75) is 12.8 Å². The van der Waals surface area contributed by atoms with E-state index in [1.165, 1.54) is 6.42 Å². The van der Waals surface area contributed by atoms with E-state index in [4.69, 9.17) is 0 Å². The van der Waals surface area contributed by atoms with Crippen molar-refractivity contribution in [3.05, 3.63) is 46.5 Å². The van der Waals surface area contributed by atoms with E-state index in [1.54, 1.807) is 6.07 Å². The van der Waals surface area contributed by atoms with E-state index in [1.807, 2.05) is 30.3 Å². The standard InChI is InChI=1S/C15H17N3O2/c1-16-10-4-5-11-17(16)14-8-9-15(18(19)20)13-7-3-2-6-12(13)14/h2-3,6-9H,4-5,10-11H2,1H3. The summed E-state index contributed by atoms with van der Waals surface area (Å²) in [5.74, 6) is 0. The van der Waals surface area contributed by atoms with Crippen LogP contribution >= 0.6 is 0 Å².